The molecule has 86 valence electrons. The van der Waals surface area contributed by atoms with Crippen molar-refractivity contribution in [1.29, 1.82) is 0 Å². The maximum absolute atomic E-state index is 11.9. The molecule has 0 radical (unpaired) electrons. The van der Waals surface area contributed by atoms with Gasteiger partial charge in [-0.25, -0.2) is 0 Å². The van der Waals surface area contributed by atoms with Crippen LogP contribution in [0.3, 0.4) is 0 Å². The molecule has 1 aromatic heterocycles. The number of nitrogens with one attached hydrogen (secondary N) is 1. The van der Waals surface area contributed by atoms with Crippen molar-refractivity contribution in [3.05, 3.63) is 16.6 Å². The number of carbonyl (C=O) groups is 1. The fraction of sp³-hybridized carbons (Fsp3) is 0.500. The lowest BCUT2D eigenvalue weighted by Crippen LogP contribution is -2.54. The molecule has 2 rings (SSSR count). The van der Waals surface area contributed by atoms with Crippen molar-refractivity contribution in [2.45, 2.75) is 31.2 Å². The lowest BCUT2D eigenvalue weighted by Gasteiger charge is -2.28. The number of hydrogen-bond acceptors (Lipinski definition) is 4. The summed E-state index contributed by atoms with van der Waals surface area (Å²) in [6.45, 7) is 0. The first-order valence-corrected chi connectivity index (χ1v) is 6.44. The molecule has 0 aliphatic heterocycles. The molecule has 0 bridgehead atoms. The van der Waals surface area contributed by atoms with Crippen LogP contribution in [0.2, 0.25) is 0 Å². The zero-order chi connectivity index (χ0) is 11.6. The lowest BCUT2D eigenvalue weighted by molar-refractivity contribution is 0.0928. The van der Waals surface area contributed by atoms with Gasteiger partial charge in [-0.05, 0) is 12.8 Å². The Kier molecular flexibility index (Phi) is 3.20. The molecule has 1 saturated carbocycles. The number of amides is 1. The van der Waals surface area contributed by atoms with Crippen LogP contribution in [0.1, 0.15) is 35.4 Å². The molecule has 0 atom stereocenters. The summed E-state index contributed by atoms with van der Waals surface area (Å²) < 4.78 is 0. The molecule has 0 spiro atoms. The molecule has 3 N–H and O–H groups in total. The number of nitrogens with two attached hydrogens (primary N) is 1. The van der Waals surface area contributed by atoms with E-state index in [1.165, 1.54) is 11.3 Å². The maximum Gasteiger partial charge on any atom is 0.263 e. The van der Waals surface area contributed by atoms with Crippen molar-refractivity contribution in [1.82, 2.24) is 10.3 Å². The summed E-state index contributed by atoms with van der Waals surface area (Å²) in [7, 11) is 0. The smallest absolute Gasteiger partial charge is 0.263 e. The van der Waals surface area contributed by atoms with Gasteiger partial charge in [0, 0.05) is 0 Å². The zero-order valence-corrected chi connectivity index (χ0v) is 10.4. The average molecular weight is 255 g/mol. The van der Waals surface area contributed by atoms with E-state index in [2.05, 4.69) is 10.3 Å². The molecule has 16 heavy (non-hydrogen) atoms. The minimum atomic E-state index is -0.476. The first kappa shape index (κ1) is 11.5. The van der Waals surface area contributed by atoms with E-state index in [1.807, 2.05) is 0 Å². The number of thiocarbonyl (C=S) groups is 1. The quantitative estimate of drug-likeness (QED) is 0.803. The van der Waals surface area contributed by atoms with Gasteiger partial charge in [0.2, 0.25) is 0 Å². The van der Waals surface area contributed by atoms with Crippen molar-refractivity contribution in [2.75, 3.05) is 0 Å². The fourth-order valence-corrected chi connectivity index (χ4v) is 2.79. The number of rotatable bonds is 3. The molecule has 1 aliphatic carbocycles. The minimum Gasteiger partial charge on any atom is -0.391 e. The molecule has 0 unspecified atom stereocenters. The molecule has 1 amide bonds. The van der Waals surface area contributed by atoms with E-state index in [1.54, 1.807) is 11.7 Å². The van der Waals surface area contributed by atoms with E-state index in [-0.39, 0.29) is 5.91 Å². The highest BCUT2D eigenvalue weighted by molar-refractivity contribution is 7.80. The Labute approximate surface area is 103 Å². The van der Waals surface area contributed by atoms with Crippen LogP contribution >= 0.6 is 23.6 Å². The Morgan fingerprint density at radius 1 is 1.56 bits per heavy atom. The number of carbonyl (C=O) groups excluding carboxylic acids is 1. The second-order valence-corrected chi connectivity index (χ2v) is 5.30. The van der Waals surface area contributed by atoms with Crippen molar-refractivity contribution in [3.63, 3.8) is 0 Å². The van der Waals surface area contributed by atoms with Crippen molar-refractivity contribution >= 4 is 34.5 Å². The topological polar surface area (TPSA) is 68.0 Å². The second kappa shape index (κ2) is 4.47. The number of aromatic nitrogens is 1. The van der Waals surface area contributed by atoms with Gasteiger partial charge in [-0.2, -0.15) is 0 Å². The predicted octanol–water partition coefficient (Wildman–Crippen LogP) is 1.47. The third kappa shape index (κ3) is 2.08. The molecule has 4 nitrogen and oxygen atoms in total. The second-order valence-electron chi connectivity index (χ2n) is 3.97. The van der Waals surface area contributed by atoms with Crippen LogP contribution in [0.25, 0.3) is 0 Å². The van der Waals surface area contributed by atoms with Crippen LogP contribution in [-0.4, -0.2) is 21.4 Å². The number of thiazole rings is 1. The monoisotopic (exact) mass is 255 g/mol. The Bertz CT molecular complexity index is 396. The highest BCUT2D eigenvalue weighted by Gasteiger charge is 2.38. The summed E-state index contributed by atoms with van der Waals surface area (Å²) in [6.07, 6.45) is 5.35. The molecule has 0 saturated heterocycles. The summed E-state index contributed by atoms with van der Waals surface area (Å²) in [4.78, 5) is 16.8. The van der Waals surface area contributed by atoms with Gasteiger partial charge in [0.1, 0.15) is 4.88 Å². The van der Waals surface area contributed by atoms with Crippen LogP contribution in [-0.2, 0) is 0 Å². The van der Waals surface area contributed by atoms with Gasteiger partial charge in [0.05, 0.1) is 22.2 Å². The molecule has 6 heteroatoms. The Hall–Kier alpha value is -1.01. The summed E-state index contributed by atoms with van der Waals surface area (Å²) in [5.41, 5.74) is 6.90. The van der Waals surface area contributed by atoms with E-state index in [0.29, 0.717) is 9.87 Å². The molecular formula is C10H13N3OS2. The third-order valence-electron chi connectivity index (χ3n) is 2.94. The van der Waals surface area contributed by atoms with Gasteiger partial charge in [0.25, 0.3) is 5.91 Å². The summed E-state index contributed by atoms with van der Waals surface area (Å²) in [5, 5.41) is 2.96. The molecular weight excluding hydrogens is 242 g/mol. The molecule has 1 fully saturated rings. The van der Waals surface area contributed by atoms with E-state index in [9.17, 15) is 4.79 Å². The van der Waals surface area contributed by atoms with Gasteiger partial charge in [-0.3, -0.25) is 9.78 Å². The highest BCUT2D eigenvalue weighted by atomic mass is 32.1. The van der Waals surface area contributed by atoms with Gasteiger partial charge in [-0.15, -0.1) is 11.3 Å². The molecule has 1 aliphatic rings. The van der Waals surface area contributed by atoms with Gasteiger partial charge < -0.3 is 11.1 Å². The number of hydrogen-bond donors (Lipinski definition) is 2. The van der Waals surface area contributed by atoms with Crippen LogP contribution in [0, 0.1) is 0 Å². The number of nitrogens with zero attached hydrogens (tertiary/aromatic N) is 1. The summed E-state index contributed by atoms with van der Waals surface area (Å²) >= 11 is 6.38. The van der Waals surface area contributed by atoms with E-state index in [0.717, 1.165) is 25.7 Å². The Balaban J connectivity index is 2.13. The van der Waals surface area contributed by atoms with E-state index >= 15 is 0 Å². The van der Waals surface area contributed by atoms with Crippen LogP contribution in [0.15, 0.2) is 11.7 Å². The molecule has 0 aromatic carbocycles. The van der Waals surface area contributed by atoms with Crippen molar-refractivity contribution in [2.24, 2.45) is 5.73 Å². The zero-order valence-electron chi connectivity index (χ0n) is 8.73. The average Bonchev–Trinajstić information content (AvgIpc) is 2.88. The minimum absolute atomic E-state index is 0.128. The van der Waals surface area contributed by atoms with E-state index in [4.69, 9.17) is 18.0 Å². The standard InChI is InChI=1S/C10H13N3OS2/c11-9(15)10(3-1-2-4-10)13-8(14)7-5-12-6-16-7/h5-6H,1-4H2,(H2,11,15)(H,13,14). The van der Waals surface area contributed by atoms with Crippen LogP contribution in [0.5, 0.6) is 0 Å². The van der Waals surface area contributed by atoms with E-state index < -0.39 is 5.54 Å². The van der Waals surface area contributed by atoms with Gasteiger partial charge in [-0.1, -0.05) is 25.1 Å². The predicted molar refractivity (Wildman–Crippen MR) is 67.6 cm³/mol. The summed E-state index contributed by atoms with van der Waals surface area (Å²) in [5.74, 6) is -0.128. The highest BCUT2D eigenvalue weighted by Crippen LogP contribution is 2.30. The SMILES string of the molecule is NC(=S)C1(NC(=O)c2cncs2)CCCC1. The normalized spacial score (nSPS) is 18.2. The Morgan fingerprint density at radius 2 is 2.25 bits per heavy atom. The maximum atomic E-state index is 11.9. The summed E-state index contributed by atoms with van der Waals surface area (Å²) in [6, 6.07) is 0. The first-order valence-electron chi connectivity index (χ1n) is 5.15. The lowest BCUT2D eigenvalue weighted by atomic mass is 9.97. The molecule has 1 aromatic rings. The van der Waals surface area contributed by atoms with Crippen molar-refractivity contribution in [3.8, 4) is 0 Å². The van der Waals surface area contributed by atoms with Crippen molar-refractivity contribution < 1.29 is 4.79 Å². The third-order valence-corrected chi connectivity index (χ3v) is 4.10. The Morgan fingerprint density at radius 3 is 2.75 bits per heavy atom. The fourth-order valence-electron chi connectivity index (χ4n) is 2.02. The molecule has 1 heterocycles. The first-order chi connectivity index (χ1) is 7.64. The largest absolute Gasteiger partial charge is 0.391 e. The van der Waals surface area contributed by atoms with Crippen LogP contribution in [0.4, 0.5) is 0 Å². The van der Waals surface area contributed by atoms with Gasteiger partial charge >= 0.3 is 0 Å². The van der Waals surface area contributed by atoms with Gasteiger partial charge in [0.15, 0.2) is 0 Å². The van der Waals surface area contributed by atoms with Crippen LogP contribution < -0.4 is 11.1 Å².